The number of carboxylic acids is 1. The van der Waals surface area contributed by atoms with Crippen molar-refractivity contribution in [3.05, 3.63) is 29.8 Å². The van der Waals surface area contributed by atoms with Crippen molar-refractivity contribution >= 4 is 53.2 Å². The number of carbonyl (C=O) groups excluding carboxylic acids is 8. The van der Waals surface area contributed by atoms with E-state index in [9.17, 15) is 63.6 Å². The summed E-state index contributed by atoms with van der Waals surface area (Å²) in [4.78, 5) is 116. The largest absolute Gasteiger partial charge is 0.508 e. The molecule has 22 nitrogen and oxygen atoms in total. The van der Waals surface area contributed by atoms with Gasteiger partial charge < -0.3 is 69.1 Å². The molecule has 328 valence electrons. The predicted octanol–water partition coefficient (Wildman–Crippen LogP) is -4.29. The van der Waals surface area contributed by atoms with Crippen molar-refractivity contribution < 1.29 is 63.6 Å². The first-order valence-electron chi connectivity index (χ1n) is 19.1. The van der Waals surface area contributed by atoms with Crippen LogP contribution < -0.4 is 43.8 Å². The van der Waals surface area contributed by atoms with Gasteiger partial charge in [0.05, 0.1) is 18.8 Å². The number of nitrogens with zero attached hydrogens (tertiary/aromatic N) is 1. The molecule has 1 aliphatic heterocycles. The molecule has 0 aliphatic carbocycles. The van der Waals surface area contributed by atoms with Gasteiger partial charge in [0.15, 0.2) is 6.04 Å². The maximum Gasteiger partial charge on any atom is 0.328 e. The SMILES string of the molecule is CC(C)C[C@H](NC(=O)[C@@H]1CCCN1C(=O)[C@H](Cc1ccc(O)cc1)NC(=O)[C@H](CO)NC(=O)[C@H](CCC(N)=O)NC(=O)[C@@H](N)CCC(N)=O)C(=O)N[C@H](C(=O)O)[C@@H](C)O. The molecule has 59 heavy (non-hydrogen) atoms. The monoisotopic (exact) mass is 835 g/mol. The zero-order chi connectivity index (χ0) is 44.6. The fraction of sp³-hybridized carbons (Fsp3) is 0.595. The highest BCUT2D eigenvalue weighted by Gasteiger charge is 2.40. The van der Waals surface area contributed by atoms with Crippen molar-refractivity contribution in [3.8, 4) is 5.75 Å². The van der Waals surface area contributed by atoms with E-state index in [1.165, 1.54) is 36.1 Å². The molecule has 1 aromatic carbocycles. The lowest BCUT2D eigenvalue weighted by molar-refractivity contribution is -0.145. The number of amides is 8. The molecule has 0 radical (unpaired) electrons. The number of aliphatic hydroxyl groups is 2. The fourth-order valence-corrected chi connectivity index (χ4v) is 6.19. The Balaban J connectivity index is 2.35. The summed E-state index contributed by atoms with van der Waals surface area (Å²) < 4.78 is 0. The lowest BCUT2D eigenvalue weighted by Crippen LogP contribution is -2.60. The summed E-state index contributed by atoms with van der Waals surface area (Å²) in [5, 5.41) is 51.3. The number of nitrogens with two attached hydrogens (primary N) is 3. The van der Waals surface area contributed by atoms with E-state index in [0.29, 0.717) is 12.0 Å². The van der Waals surface area contributed by atoms with Gasteiger partial charge in [-0.3, -0.25) is 38.4 Å². The topological polar surface area (TPSA) is 376 Å². The van der Waals surface area contributed by atoms with E-state index in [1.54, 1.807) is 13.8 Å². The smallest absolute Gasteiger partial charge is 0.328 e. The Morgan fingerprint density at radius 3 is 1.85 bits per heavy atom. The number of carboxylic acid groups (broad SMARTS) is 1. The second-order valence-corrected chi connectivity index (χ2v) is 14.8. The van der Waals surface area contributed by atoms with E-state index in [0.717, 1.165) is 0 Å². The molecule has 8 atom stereocenters. The first-order valence-corrected chi connectivity index (χ1v) is 19.1. The van der Waals surface area contributed by atoms with Crippen LogP contribution in [0.5, 0.6) is 5.75 Å². The quantitative estimate of drug-likeness (QED) is 0.0469. The molecule has 1 heterocycles. The fourth-order valence-electron chi connectivity index (χ4n) is 6.19. The summed E-state index contributed by atoms with van der Waals surface area (Å²) in [6.45, 7) is 3.76. The lowest BCUT2D eigenvalue weighted by atomic mass is 10.0. The van der Waals surface area contributed by atoms with Crippen LogP contribution in [0.1, 0.15) is 71.3 Å². The highest BCUT2D eigenvalue weighted by molar-refractivity contribution is 5.97. The van der Waals surface area contributed by atoms with Crippen molar-refractivity contribution in [1.82, 2.24) is 31.5 Å². The molecule has 0 unspecified atom stereocenters. The van der Waals surface area contributed by atoms with E-state index in [-0.39, 0.29) is 63.2 Å². The van der Waals surface area contributed by atoms with Gasteiger partial charge in [-0.25, -0.2) is 4.79 Å². The van der Waals surface area contributed by atoms with Crippen molar-refractivity contribution in [2.45, 2.75) is 121 Å². The number of aliphatic hydroxyl groups excluding tert-OH is 2. The standard InChI is InChI=1S/C37H57N9O13/c1-18(2)15-24(33(54)45-30(19(3)48)37(58)59)42-35(56)27-5-4-14-46(27)36(57)25(16-20-6-8-21(49)9-7-20)43-34(55)26(17-47)44-32(53)23(11-13-29(40)51)41-31(52)22(38)10-12-28(39)50/h6-9,18-19,22-27,30,47-49H,4-5,10-17,38H2,1-3H3,(H2,39,50)(H2,40,51)(H,41,52)(H,42,56)(H,43,55)(H,44,53)(H,45,54)(H,58,59)/t19-,22+,23+,24+,25+,26+,27+,30+/m1/s1. The van der Waals surface area contributed by atoms with Crippen LogP contribution in [-0.4, -0.2) is 140 Å². The summed E-state index contributed by atoms with van der Waals surface area (Å²) in [6.07, 6.45) is -2.20. The van der Waals surface area contributed by atoms with Gasteiger partial charge in [-0.1, -0.05) is 26.0 Å². The van der Waals surface area contributed by atoms with Crippen LogP contribution in [-0.2, 0) is 49.6 Å². The summed E-state index contributed by atoms with van der Waals surface area (Å²) in [6, 6.07) is -4.32. The third-order valence-electron chi connectivity index (χ3n) is 9.38. The van der Waals surface area contributed by atoms with Crippen LogP contribution >= 0.6 is 0 Å². The molecule has 0 bridgehead atoms. The minimum Gasteiger partial charge on any atom is -0.508 e. The molecule has 8 amide bonds. The molecule has 0 spiro atoms. The van der Waals surface area contributed by atoms with Gasteiger partial charge in [-0.05, 0) is 62.6 Å². The number of hydrogen-bond acceptors (Lipinski definition) is 13. The van der Waals surface area contributed by atoms with Gasteiger partial charge in [0.1, 0.15) is 36.0 Å². The van der Waals surface area contributed by atoms with E-state index in [2.05, 4.69) is 26.6 Å². The Morgan fingerprint density at radius 1 is 0.763 bits per heavy atom. The van der Waals surface area contributed by atoms with Crippen LogP contribution in [0, 0.1) is 5.92 Å². The molecule has 2 rings (SSSR count). The molecule has 15 N–H and O–H groups in total. The Bertz CT molecular complexity index is 1670. The normalized spacial score (nSPS) is 17.3. The van der Waals surface area contributed by atoms with Crippen molar-refractivity contribution in [3.63, 3.8) is 0 Å². The lowest BCUT2D eigenvalue weighted by Gasteiger charge is -2.31. The number of benzene rings is 1. The molecule has 1 saturated heterocycles. The Kier molecular flexibility index (Phi) is 19.6. The summed E-state index contributed by atoms with van der Waals surface area (Å²) in [5.41, 5.74) is 16.6. The maximum absolute atomic E-state index is 14.3. The van der Waals surface area contributed by atoms with Gasteiger partial charge in [-0.15, -0.1) is 0 Å². The molecule has 22 heteroatoms. The minimum absolute atomic E-state index is 0.0476. The van der Waals surface area contributed by atoms with Gasteiger partial charge >= 0.3 is 5.97 Å². The Labute approximate surface area is 340 Å². The second kappa shape index (κ2) is 23.5. The highest BCUT2D eigenvalue weighted by Crippen LogP contribution is 2.21. The van der Waals surface area contributed by atoms with Crippen molar-refractivity contribution in [2.24, 2.45) is 23.1 Å². The number of primary amides is 2. The molecule has 1 aliphatic rings. The van der Waals surface area contributed by atoms with E-state index in [1.807, 2.05) is 0 Å². The Morgan fingerprint density at radius 2 is 1.31 bits per heavy atom. The van der Waals surface area contributed by atoms with Gasteiger partial charge in [0, 0.05) is 25.8 Å². The zero-order valence-electron chi connectivity index (χ0n) is 33.2. The summed E-state index contributed by atoms with van der Waals surface area (Å²) >= 11 is 0. The number of likely N-dealkylation sites (tertiary alicyclic amines) is 1. The van der Waals surface area contributed by atoms with Crippen LogP contribution in [0.15, 0.2) is 24.3 Å². The number of phenolic OH excluding ortho intramolecular Hbond substituents is 1. The molecular weight excluding hydrogens is 778 g/mol. The van der Waals surface area contributed by atoms with E-state index >= 15 is 0 Å². The number of carbonyl (C=O) groups is 9. The molecule has 1 aromatic rings. The Hall–Kier alpha value is -5.87. The van der Waals surface area contributed by atoms with Gasteiger partial charge in [-0.2, -0.15) is 0 Å². The zero-order valence-corrected chi connectivity index (χ0v) is 33.2. The third-order valence-corrected chi connectivity index (χ3v) is 9.38. The molecule has 0 saturated carbocycles. The third kappa shape index (κ3) is 16.1. The van der Waals surface area contributed by atoms with Gasteiger partial charge in [0.25, 0.3) is 0 Å². The summed E-state index contributed by atoms with van der Waals surface area (Å²) in [7, 11) is 0. The van der Waals surface area contributed by atoms with Gasteiger partial charge in [0.2, 0.25) is 47.3 Å². The van der Waals surface area contributed by atoms with E-state index < -0.39 is 108 Å². The number of aromatic hydroxyl groups is 1. The van der Waals surface area contributed by atoms with Crippen molar-refractivity contribution in [1.29, 1.82) is 0 Å². The highest BCUT2D eigenvalue weighted by atomic mass is 16.4. The molecular formula is C37H57N9O13. The average Bonchev–Trinajstić information content (AvgIpc) is 3.66. The number of aliphatic carboxylic acids is 1. The molecule has 1 fully saturated rings. The molecule has 0 aromatic heterocycles. The van der Waals surface area contributed by atoms with Crippen LogP contribution in [0.2, 0.25) is 0 Å². The van der Waals surface area contributed by atoms with Crippen LogP contribution in [0.4, 0.5) is 0 Å². The van der Waals surface area contributed by atoms with Crippen molar-refractivity contribution in [2.75, 3.05) is 13.2 Å². The number of rotatable bonds is 24. The number of phenols is 1. The van der Waals surface area contributed by atoms with E-state index in [4.69, 9.17) is 17.2 Å². The minimum atomic E-state index is -1.72. The number of hydrogen-bond donors (Lipinski definition) is 12. The average molecular weight is 836 g/mol. The van der Waals surface area contributed by atoms with Crippen LogP contribution in [0.25, 0.3) is 0 Å². The first kappa shape index (κ1) is 49.3. The maximum atomic E-state index is 14.3. The predicted molar refractivity (Wildman–Crippen MR) is 207 cm³/mol. The number of nitrogens with one attached hydrogen (secondary N) is 5. The van der Waals surface area contributed by atoms with Crippen LogP contribution in [0.3, 0.4) is 0 Å². The second-order valence-electron chi connectivity index (χ2n) is 14.8. The first-order chi connectivity index (χ1) is 27.6. The summed E-state index contributed by atoms with van der Waals surface area (Å²) in [5.74, 6) is -8.62.